The Morgan fingerprint density at radius 1 is 1.04 bits per heavy atom. The molecule has 1 atom stereocenters. The summed E-state index contributed by atoms with van der Waals surface area (Å²) in [6, 6.07) is 17.7. The van der Waals surface area contributed by atoms with Gasteiger partial charge in [0.15, 0.2) is 0 Å². The van der Waals surface area contributed by atoms with E-state index in [9.17, 15) is 9.90 Å². The number of halogens is 3. The average molecular weight is 665 g/mol. The van der Waals surface area contributed by atoms with Gasteiger partial charge in [-0.25, -0.2) is 4.39 Å². The summed E-state index contributed by atoms with van der Waals surface area (Å²) in [5, 5.41) is 32.5. The number of phenolic OH excluding ortho intramolecular Hbond substituents is 1. The van der Waals surface area contributed by atoms with Crippen molar-refractivity contribution >= 4 is 41.0 Å². The maximum absolute atomic E-state index is 15.3. The zero-order valence-electron chi connectivity index (χ0n) is 25.6. The molecule has 0 aromatic heterocycles. The van der Waals surface area contributed by atoms with Crippen LogP contribution in [0.5, 0.6) is 11.5 Å². The Bertz CT molecular complexity index is 1740. The van der Waals surface area contributed by atoms with E-state index < -0.39 is 5.82 Å². The van der Waals surface area contributed by atoms with E-state index in [2.05, 4.69) is 21.3 Å². The van der Waals surface area contributed by atoms with Gasteiger partial charge in [-0.05, 0) is 60.5 Å². The minimum Gasteiger partial charge on any atom is -0.507 e. The molecule has 0 spiro atoms. The zero-order valence-corrected chi connectivity index (χ0v) is 27.1. The molecule has 0 radical (unpaired) electrons. The lowest BCUT2D eigenvalue weighted by atomic mass is 9.94. The van der Waals surface area contributed by atoms with Crippen molar-refractivity contribution in [1.29, 1.82) is 5.41 Å². The Morgan fingerprint density at radius 2 is 1.80 bits per heavy atom. The molecule has 1 amide bonds. The van der Waals surface area contributed by atoms with Crippen molar-refractivity contribution in [2.75, 3.05) is 26.0 Å². The van der Waals surface area contributed by atoms with Gasteiger partial charge in [0.05, 0.1) is 12.1 Å². The molecule has 0 bridgehead atoms. The van der Waals surface area contributed by atoms with Crippen molar-refractivity contribution in [2.45, 2.75) is 38.5 Å². The standard InChI is InChI=1S/C35H36Cl2FN5O3/c1-40-16-22-11-29(36)21(14-33(22)46-2)17-42-31-8-4-6-25(27(31)15-39)26-7-3-5-24(35(26)37)20-12-30(38)28(32(44)13-20)19-41-18-23-9-10-34(45)43-23/h3-8,11-15,23,39-42,44H,9-10,16-19H2,1-2H3,(H,43,45). The van der Waals surface area contributed by atoms with Crippen LogP contribution in [-0.2, 0) is 24.4 Å². The van der Waals surface area contributed by atoms with E-state index in [0.717, 1.165) is 23.3 Å². The van der Waals surface area contributed by atoms with Gasteiger partial charge in [0.25, 0.3) is 0 Å². The molecule has 46 heavy (non-hydrogen) atoms. The predicted molar refractivity (Wildman–Crippen MR) is 183 cm³/mol. The number of hydrogen-bond acceptors (Lipinski definition) is 7. The second kappa shape index (κ2) is 15.0. The van der Waals surface area contributed by atoms with Crippen molar-refractivity contribution in [2.24, 2.45) is 0 Å². The highest BCUT2D eigenvalue weighted by Crippen LogP contribution is 2.40. The predicted octanol–water partition coefficient (Wildman–Crippen LogP) is 6.88. The quantitative estimate of drug-likeness (QED) is 0.0869. The van der Waals surface area contributed by atoms with Gasteiger partial charge in [-0.3, -0.25) is 4.79 Å². The molecule has 5 rings (SSSR count). The molecular formula is C35H36Cl2FN5O3. The average Bonchev–Trinajstić information content (AvgIpc) is 3.46. The van der Waals surface area contributed by atoms with Crippen LogP contribution in [-0.4, -0.2) is 44.0 Å². The van der Waals surface area contributed by atoms with Gasteiger partial charge in [-0.15, -0.1) is 0 Å². The molecule has 0 saturated carbocycles. The van der Waals surface area contributed by atoms with Gasteiger partial charge in [0.1, 0.15) is 17.3 Å². The van der Waals surface area contributed by atoms with Gasteiger partial charge >= 0.3 is 0 Å². The summed E-state index contributed by atoms with van der Waals surface area (Å²) in [5.41, 5.74) is 5.58. The van der Waals surface area contributed by atoms with E-state index in [1.165, 1.54) is 18.3 Å². The van der Waals surface area contributed by atoms with Crippen LogP contribution in [0.15, 0.2) is 60.7 Å². The molecule has 8 nitrogen and oxygen atoms in total. The number of amides is 1. The Morgan fingerprint density at radius 3 is 2.50 bits per heavy atom. The van der Waals surface area contributed by atoms with E-state index in [-0.39, 0.29) is 29.8 Å². The van der Waals surface area contributed by atoms with Gasteiger partial charge in [0.2, 0.25) is 5.91 Å². The molecular weight excluding hydrogens is 628 g/mol. The number of rotatable bonds is 13. The van der Waals surface area contributed by atoms with Crippen LogP contribution >= 0.6 is 23.2 Å². The largest absolute Gasteiger partial charge is 0.507 e. The highest BCUT2D eigenvalue weighted by Gasteiger charge is 2.21. The fraction of sp³-hybridized carbons (Fsp3) is 0.257. The molecule has 6 N–H and O–H groups in total. The smallest absolute Gasteiger partial charge is 0.220 e. The number of methoxy groups -OCH3 is 1. The topological polar surface area (TPSA) is 119 Å². The Labute approximate surface area is 277 Å². The first-order valence-corrected chi connectivity index (χ1v) is 15.7. The number of anilines is 1. The van der Waals surface area contributed by atoms with E-state index in [0.29, 0.717) is 69.6 Å². The summed E-state index contributed by atoms with van der Waals surface area (Å²) in [4.78, 5) is 11.4. The molecule has 1 aliphatic rings. The van der Waals surface area contributed by atoms with E-state index >= 15 is 4.39 Å². The molecule has 1 saturated heterocycles. The first kappa shape index (κ1) is 33.2. The van der Waals surface area contributed by atoms with Crippen LogP contribution in [0.3, 0.4) is 0 Å². The lowest BCUT2D eigenvalue weighted by Crippen LogP contribution is -2.35. The summed E-state index contributed by atoms with van der Waals surface area (Å²) in [6.07, 6.45) is 2.48. The van der Waals surface area contributed by atoms with Crippen LogP contribution in [0, 0.1) is 11.2 Å². The molecule has 240 valence electrons. The molecule has 0 aliphatic carbocycles. The normalized spacial score (nSPS) is 14.3. The number of carbonyl (C=O) groups is 1. The summed E-state index contributed by atoms with van der Waals surface area (Å²) in [6.45, 7) is 1.60. The van der Waals surface area contributed by atoms with E-state index in [4.69, 9.17) is 33.3 Å². The van der Waals surface area contributed by atoms with Crippen LogP contribution in [0.1, 0.15) is 35.1 Å². The molecule has 1 unspecified atom stereocenters. The second-order valence-electron chi connectivity index (χ2n) is 11.1. The molecule has 1 aliphatic heterocycles. The summed E-state index contributed by atoms with van der Waals surface area (Å²) >= 11 is 13.6. The van der Waals surface area contributed by atoms with Crippen LogP contribution in [0.4, 0.5) is 10.1 Å². The Balaban J connectivity index is 1.38. The van der Waals surface area contributed by atoms with E-state index in [1.54, 1.807) is 13.2 Å². The van der Waals surface area contributed by atoms with Crippen molar-refractivity contribution in [3.05, 3.63) is 98.8 Å². The van der Waals surface area contributed by atoms with E-state index in [1.807, 2.05) is 49.5 Å². The number of aromatic hydroxyl groups is 1. The van der Waals surface area contributed by atoms with Crippen LogP contribution < -0.4 is 26.0 Å². The highest BCUT2D eigenvalue weighted by molar-refractivity contribution is 6.36. The van der Waals surface area contributed by atoms with Crippen molar-refractivity contribution in [1.82, 2.24) is 16.0 Å². The minimum absolute atomic E-state index is 0.00531. The minimum atomic E-state index is -0.569. The number of ether oxygens (including phenoxy) is 1. The maximum atomic E-state index is 15.3. The fourth-order valence-corrected chi connectivity index (χ4v) is 6.30. The van der Waals surface area contributed by atoms with Gasteiger partial charge in [0, 0.05) is 83.4 Å². The number of hydrogen-bond donors (Lipinski definition) is 6. The molecule has 11 heteroatoms. The summed E-state index contributed by atoms with van der Waals surface area (Å²) in [7, 11) is 3.48. The number of nitrogens with one attached hydrogen (secondary N) is 5. The summed E-state index contributed by atoms with van der Waals surface area (Å²) < 4.78 is 20.8. The first-order valence-electron chi connectivity index (χ1n) is 14.9. The SMILES string of the molecule is CNCc1cc(Cl)c(CNc2cccc(-c3cccc(-c4cc(O)c(CNCC5CCC(=O)N5)c(F)c4)c3Cl)c2C=N)cc1OC. The Kier molecular flexibility index (Phi) is 10.8. The molecule has 1 heterocycles. The third-order valence-electron chi connectivity index (χ3n) is 8.09. The van der Waals surface area contributed by atoms with Gasteiger partial charge in [-0.1, -0.05) is 53.5 Å². The number of phenols is 1. The first-order chi connectivity index (χ1) is 22.2. The third-order valence-corrected chi connectivity index (χ3v) is 8.84. The monoisotopic (exact) mass is 663 g/mol. The second-order valence-corrected chi connectivity index (χ2v) is 11.9. The third kappa shape index (κ3) is 7.29. The van der Waals surface area contributed by atoms with Crippen molar-refractivity contribution in [3.63, 3.8) is 0 Å². The maximum Gasteiger partial charge on any atom is 0.220 e. The lowest BCUT2D eigenvalue weighted by molar-refractivity contribution is -0.119. The summed E-state index contributed by atoms with van der Waals surface area (Å²) in [5.74, 6) is -0.0247. The zero-order chi connectivity index (χ0) is 32.8. The molecule has 4 aromatic rings. The number of carbonyl (C=O) groups excluding carboxylic acids is 1. The Hall–Kier alpha value is -4.15. The van der Waals surface area contributed by atoms with Crippen molar-refractivity contribution in [3.8, 4) is 33.8 Å². The van der Waals surface area contributed by atoms with Crippen molar-refractivity contribution < 1.29 is 19.0 Å². The van der Waals surface area contributed by atoms with Gasteiger partial charge in [-0.2, -0.15) is 0 Å². The van der Waals surface area contributed by atoms with Crippen LogP contribution in [0.25, 0.3) is 22.3 Å². The van der Waals surface area contributed by atoms with Crippen LogP contribution in [0.2, 0.25) is 10.0 Å². The van der Waals surface area contributed by atoms with Gasteiger partial charge < -0.3 is 36.5 Å². The number of benzene rings is 4. The molecule has 1 fully saturated rings. The lowest BCUT2D eigenvalue weighted by Gasteiger charge is -2.18. The fourth-order valence-electron chi connectivity index (χ4n) is 5.71. The molecule has 4 aromatic carbocycles. The highest BCUT2D eigenvalue weighted by atomic mass is 35.5.